The van der Waals surface area contributed by atoms with Crippen LogP contribution in [0.3, 0.4) is 0 Å². The molecule has 4 nitrogen and oxygen atoms in total. The minimum absolute atomic E-state index is 0.195. The fraction of sp³-hybridized carbons (Fsp3) is 0.267. The lowest BCUT2D eigenvalue weighted by atomic mass is 9.99. The molecule has 1 unspecified atom stereocenters. The number of hydrogen-bond acceptors (Lipinski definition) is 4. The number of fused-ring (bicyclic) bond motifs is 1. The third-order valence-electron chi connectivity index (χ3n) is 3.56. The zero-order chi connectivity index (χ0) is 13.9. The van der Waals surface area contributed by atoms with E-state index in [0.717, 1.165) is 23.5 Å². The Morgan fingerprint density at radius 2 is 2.20 bits per heavy atom. The number of aromatic nitrogens is 2. The Bertz CT molecular complexity index is 672. The van der Waals surface area contributed by atoms with Crippen LogP contribution >= 0.6 is 11.3 Å². The van der Waals surface area contributed by atoms with Gasteiger partial charge in [-0.15, -0.1) is 11.3 Å². The average molecular weight is 286 g/mol. The first-order valence-electron chi connectivity index (χ1n) is 6.68. The van der Waals surface area contributed by atoms with E-state index in [1.807, 2.05) is 11.6 Å². The molecule has 3 aromatic rings. The topological polar surface area (TPSA) is 55.3 Å². The molecule has 0 bridgehead atoms. The van der Waals surface area contributed by atoms with Gasteiger partial charge in [0, 0.05) is 30.2 Å². The van der Waals surface area contributed by atoms with Gasteiger partial charge in [0.25, 0.3) is 0 Å². The van der Waals surface area contributed by atoms with Gasteiger partial charge >= 0.3 is 0 Å². The highest BCUT2D eigenvalue weighted by Crippen LogP contribution is 2.15. The first-order chi connectivity index (χ1) is 9.76. The van der Waals surface area contributed by atoms with Gasteiger partial charge in [-0.2, -0.15) is 0 Å². The smallest absolute Gasteiger partial charge is 0.193 e. The monoisotopic (exact) mass is 286 g/mol. The summed E-state index contributed by atoms with van der Waals surface area (Å²) >= 11 is 1.65. The van der Waals surface area contributed by atoms with Gasteiger partial charge < -0.3 is 0 Å². The maximum absolute atomic E-state index is 5.71. The highest BCUT2D eigenvalue weighted by atomic mass is 32.1. The molecule has 2 aromatic heterocycles. The molecule has 0 fully saturated rings. The van der Waals surface area contributed by atoms with E-state index in [4.69, 9.17) is 5.84 Å². The zero-order valence-corrected chi connectivity index (χ0v) is 12.2. The van der Waals surface area contributed by atoms with Crippen molar-refractivity contribution in [3.05, 3.63) is 58.9 Å². The summed E-state index contributed by atoms with van der Waals surface area (Å²) in [6, 6.07) is 8.62. The van der Waals surface area contributed by atoms with Crippen molar-refractivity contribution in [3.8, 4) is 0 Å². The van der Waals surface area contributed by atoms with E-state index in [0.29, 0.717) is 0 Å². The highest BCUT2D eigenvalue weighted by molar-refractivity contribution is 7.15. The van der Waals surface area contributed by atoms with E-state index < -0.39 is 0 Å². The summed E-state index contributed by atoms with van der Waals surface area (Å²) < 4.78 is 2.06. The van der Waals surface area contributed by atoms with Crippen molar-refractivity contribution in [2.45, 2.75) is 25.8 Å². The number of aryl methyl sites for hydroxylation is 1. The number of benzene rings is 1. The van der Waals surface area contributed by atoms with Crippen molar-refractivity contribution in [2.75, 3.05) is 0 Å². The maximum atomic E-state index is 5.71. The van der Waals surface area contributed by atoms with Crippen molar-refractivity contribution >= 4 is 16.3 Å². The summed E-state index contributed by atoms with van der Waals surface area (Å²) in [5, 5.41) is 2.04. The van der Waals surface area contributed by atoms with Crippen LogP contribution in [0, 0.1) is 6.92 Å². The Labute approximate surface area is 122 Å². The number of thiazole rings is 1. The molecule has 104 valence electrons. The van der Waals surface area contributed by atoms with E-state index in [9.17, 15) is 0 Å². The molecule has 5 heteroatoms. The molecular weight excluding hydrogens is 268 g/mol. The van der Waals surface area contributed by atoms with Crippen LogP contribution in [0.25, 0.3) is 4.96 Å². The number of nitrogens with one attached hydrogen (secondary N) is 1. The van der Waals surface area contributed by atoms with Crippen molar-refractivity contribution in [1.82, 2.24) is 14.8 Å². The van der Waals surface area contributed by atoms with Crippen LogP contribution < -0.4 is 11.3 Å². The summed E-state index contributed by atoms with van der Waals surface area (Å²) in [5.74, 6) is 5.71. The summed E-state index contributed by atoms with van der Waals surface area (Å²) in [7, 11) is 0. The van der Waals surface area contributed by atoms with E-state index in [2.05, 4.69) is 52.2 Å². The van der Waals surface area contributed by atoms with E-state index >= 15 is 0 Å². The van der Waals surface area contributed by atoms with Crippen LogP contribution in [0.5, 0.6) is 0 Å². The standard InChI is InChI=1S/C15H18N4S/c1-11-4-2-3-5-12(11)8-13(18-16)9-14-10-19-6-7-20-15(19)17-14/h2-7,10,13,18H,8-9,16H2,1H3. The summed E-state index contributed by atoms with van der Waals surface area (Å²) in [6.07, 6.45) is 5.85. The third kappa shape index (κ3) is 2.75. The molecule has 0 amide bonds. The molecule has 0 aliphatic heterocycles. The Morgan fingerprint density at radius 1 is 1.35 bits per heavy atom. The van der Waals surface area contributed by atoms with Gasteiger partial charge in [-0.05, 0) is 24.5 Å². The van der Waals surface area contributed by atoms with Crippen LogP contribution in [0.2, 0.25) is 0 Å². The third-order valence-corrected chi connectivity index (χ3v) is 4.33. The molecule has 3 rings (SSSR count). The Kier molecular flexibility index (Phi) is 3.82. The SMILES string of the molecule is Cc1ccccc1CC(Cc1cn2ccsc2n1)NN. The Morgan fingerprint density at radius 3 is 2.95 bits per heavy atom. The zero-order valence-electron chi connectivity index (χ0n) is 11.4. The maximum Gasteiger partial charge on any atom is 0.193 e. The summed E-state index contributed by atoms with van der Waals surface area (Å²) in [6.45, 7) is 2.13. The molecule has 1 atom stereocenters. The van der Waals surface area contributed by atoms with Crippen LogP contribution in [-0.2, 0) is 12.8 Å². The normalized spacial score (nSPS) is 12.9. The number of rotatable bonds is 5. The molecule has 0 saturated carbocycles. The van der Waals surface area contributed by atoms with Gasteiger partial charge in [0.15, 0.2) is 4.96 Å². The fourth-order valence-corrected chi connectivity index (χ4v) is 3.14. The van der Waals surface area contributed by atoms with Crippen LogP contribution in [0.1, 0.15) is 16.8 Å². The van der Waals surface area contributed by atoms with Gasteiger partial charge in [0.05, 0.1) is 5.69 Å². The second-order valence-electron chi connectivity index (χ2n) is 5.02. The van der Waals surface area contributed by atoms with E-state index in [1.165, 1.54) is 11.1 Å². The molecule has 0 spiro atoms. The van der Waals surface area contributed by atoms with Gasteiger partial charge in [-0.3, -0.25) is 15.7 Å². The molecule has 0 aliphatic carbocycles. The minimum Gasteiger partial charge on any atom is -0.297 e. The largest absolute Gasteiger partial charge is 0.297 e. The van der Waals surface area contributed by atoms with Gasteiger partial charge in [-0.25, -0.2) is 4.98 Å². The van der Waals surface area contributed by atoms with Crippen LogP contribution in [-0.4, -0.2) is 15.4 Å². The predicted molar refractivity (Wildman–Crippen MR) is 82.8 cm³/mol. The van der Waals surface area contributed by atoms with Gasteiger partial charge in [0.2, 0.25) is 0 Å². The second-order valence-corrected chi connectivity index (χ2v) is 5.90. The quantitative estimate of drug-likeness (QED) is 0.559. The van der Waals surface area contributed by atoms with E-state index in [1.54, 1.807) is 11.3 Å². The van der Waals surface area contributed by atoms with Crippen molar-refractivity contribution in [1.29, 1.82) is 0 Å². The number of nitrogens with zero attached hydrogens (tertiary/aromatic N) is 2. The van der Waals surface area contributed by atoms with Gasteiger partial charge in [0.1, 0.15) is 0 Å². The Hall–Kier alpha value is -1.69. The second kappa shape index (κ2) is 5.75. The summed E-state index contributed by atoms with van der Waals surface area (Å²) in [5.41, 5.74) is 6.63. The first kappa shape index (κ1) is 13.3. The van der Waals surface area contributed by atoms with Crippen LogP contribution in [0.4, 0.5) is 0 Å². The minimum atomic E-state index is 0.195. The first-order valence-corrected chi connectivity index (χ1v) is 7.56. The Balaban J connectivity index is 1.74. The molecule has 0 radical (unpaired) electrons. The van der Waals surface area contributed by atoms with E-state index in [-0.39, 0.29) is 6.04 Å². The van der Waals surface area contributed by atoms with Crippen molar-refractivity contribution in [2.24, 2.45) is 5.84 Å². The van der Waals surface area contributed by atoms with Crippen molar-refractivity contribution in [3.63, 3.8) is 0 Å². The van der Waals surface area contributed by atoms with Crippen molar-refractivity contribution < 1.29 is 0 Å². The molecule has 1 aromatic carbocycles. The molecule has 2 heterocycles. The molecule has 20 heavy (non-hydrogen) atoms. The molecule has 0 aliphatic rings. The lowest BCUT2D eigenvalue weighted by molar-refractivity contribution is 0.517. The number of imidazole rings is 1. The van der Waals surface area contributed by atoms with Gasteiger partial charge in [-0.1, -0.05) is 24.3 Å². The lowest BCUT2D eigenvalue weighted by Crippen LogP contribution is -2.38. The molecule has 3 N–H and O–H groups in total. The highest BCUT2D eigenvalue weighted by Gasteiger charge is 2.12. The number of nitrogens with two attached hydrogens (primary N) is 1. The van der Waals surface area contributed by atoms with Crippen LogP contribution in [0.15, 0.2) is 42.0 Å². The number of hydrogen-bond donors (Lipinski definition) is 2. The lowest BCUT2D eigenvalue weighted by Gasteiger charge is -2.16. The average Bonchev–Trinajstić information content (AvgIpc) is 3.01. The number of hydrazine groups is 1. The predicted octanol–water partition coefficient (Wildman–Crippen LogP) is 2.32. The fourth-order valence-electron chi connectivity index (χ4n) is 2.42. The molecule has 0 saturated heterocycles. The molecular formula is C15H18N4S. The summed E-state index contributed by atoms with van der Waals surface area (Å²) in [4.78, 5) is 5.64.